The van der Waals surface area contributed by atoms with Crippen LogP contribution >= 0.6 is 11.8 Å². The first kappa shape index (κ1) is 16.6. The van der Waals surface area contributed by atoms with E-state index in [1.54, 1.807) is 18.8 Å². The second-order valence-corrected chi connectivity index (χ2v) is 4.52. The summed E-state index contributed by atoms with van der Waals surface area (Å²) in [4.78, 5) is 34.9. The summed E-state index contributed by atoms with van der Waals surface area (Å²) in [5, 5.41) is 11.1. The average Bonchev–Trinajstić information content (AvgIpc) is 2.34. The number of urea groups is 1. The van der Waals surface area contributed by atoms with Gasteiger partial charge in [-0.05, 0) is 6.26 Å². The number of methoxy groups -OCH3 is 1. The number of nitrogens with one attached hydrogen (secondary N) is 1. The Balaban J connectivity index is 4.35. The number of aliphatic carboxylic acids is 1. The molecule has 2 amide bonds. The molecule has 7 nitrogen and oxygen atoms in total. The van der Waals surface area contributed by atoms with Crippen molar-refractivity contribution in [1.82, 2.24) is 10.2 Å². The highest BCUT2D eigenvalue weighted by Gasteiger charge is 2.24. The molecule has 1 atom stereocenters. The van der Waals surface area contributed by atoms with E-state index in [9.17, 15) is 14.4 Å². The highest BCUT2D eigenvalue weighted by molar-refractivity contribution is 7.98. The molecule has 0 heterocycles. The fourth-order valence-corrected chi connectivity index (χ4v) is 1.50. The summed E-state index contributed by atoms with van der Waals surface area (Å²) in [6, 6.07) is -1.80. The Hall–Kier alpha value is -1.44. The van der Waals surface area contributed by atoms with Gasteiger partial charge in [0.2, 0.25) is 0 Å². The molecule has 0 fully saturated rings. The largest absolute Gasteiger partial charge is 0.480 e. The molecule has 0 aliphatic heterocycles. The Morgan fingerprint density at radius 3 is 2.50 bits per heavy atom. The van der Waals surface area contributed by atoms with Crippen LogP contribution in [0.25, 0.3) is 0 Å². The number of carbonyl (C=O) groups is 3. The lowest BCUT2D eigenvalue weighted by Crippen LogP contribution is -2.48. The van der Waals surface area contributed by atoms with E-state index in [0.717, 1.165) is 12.9 Å². The number of rotatable bonds is 7. The zero-order valence-corrected chi connectivity index (χ0v) is 11.5. The van der Waals surface area contributed by atoms with Crippen LogP contribution in [0.15, 0.2) is 0 Å². The topological polar surface area (TPSA) is 95.9 Å². The Kier molecular flexibility index (Phi) is 7.93. The molecular weight excluding hydrogens is 260 g/mol. The number of hydrogen-bond donors (Lipinski definition) is 2. The Bertz CT molecular complexity index is 311. The quantitative estimate of drug-likeness (QED) is 0.637. The summed E-state index contributed by atoms with van der Waals surface area (Å²) < 4.78 is 4.37. The minimum Gasteiger partial charge on any atom is -0.480 e. The maximum Gasteiger partial charge on any atom is 0.326 e. The summed E-state index contributed by atoms with van der Waals surface area (Å²) in [6.07, 6.45) is 1.51. The van der Waals surface area contributed by atoms with E-state index < -0.39 is 30.4 Å². The smallest absolute Gasteiger partial charge is 0.326 e. The van der Waals surface area contributed by atoms with Crippen LogP contribution in [-0.2, 0) is 14.3 Å². The molecule has 0 radical (unpaired) electrons. The standard InChI is InChI=1S/C10H18N2O5S/c1-12(4-5-18-3)10(16)11-7(9(14)15)6-8(13)17-2/h7H,4-6H2,1-3H3,(H,11,16)(H,14,15)/t7-/m0/s1. The van der Waals surface area contributed by atoms with E-state index in [1.807, 2.05) is 6.26 Å². The first-order valence-electron chi connectivity index (χ1n) is 5.22. The van der Waals surface area contributed by atoms with Crippen molar-refractivity contribution in [3.8, 4) is 0 Å². The van der Waals surface area contributed by atoms with E-state index >= 15 is 0 Å². The molecule has 0 bridgehead atoms. The van der Waals surface area contributed by atoms with Crippen LogP contribution in [0.2, 0.25) is 0 Å². The molecule has 0 saturated heterocycles. The summed E-state index contributed by atoms with van der Waals surface area (Å²) in [5.74, 6) is -1.21. The second-order valence-electron chi connectivity index (χ2n) is 3.53. The number of carboxylic acids is 1. The first-order chi connectivity index (χ1) is 8.42. The highest BCUT2D eigenvalue weighted by atomic mass is 32.2. The van der Waals surface area contributed by atoms with Crippen LogP contribution in [0.1, 0.15) is 6.42 Å². The van der Waals surface area contributed by atoms with E-state index in [-0.39, 0.29) is 0 Å². The third-order valence-electron chi connectivity index (χ3n) is 2.17. The third kappa shape index (κ3) is 6.33. The van der Waals surface area contributed by atoms with Gasteiger partial charge in [0.15, 0.2) is 0 Å². The Morgan fingerprint density at radius 1 is 1.44 bits per heavy atom. The molecule has 104 valence electrons. The molecule has 0 aromatic rings. The number of carbonyl (C=O) groups excluding carboxylic acids is 2. The number of hydrogen-bond acceptors (Lipinski definition) is 5. The van der Waals surface area contributed by atoms with Crippen molar-refractivity contribution in [2.24, 2.45) is 0 Å². The van der Waals surface area contributed by atoms with Gasteiger partial charge in [-0.25, -0.2) is 9.59 Å². The SMILES string of the molecule is COC(=O)C[C@H](NC(=O)N(C)CCSC)C(=O)O. The number of thioether (sulfide) groups is 1. The molecule has 0 aliphatic carbocycles. The highest BCUT2D eigenvalue weighted by Crippen LogP contribution is 1.98. The van der Waals surface area contributed by atoms with Gasteiger partial charge >= 0.3 is 18.0 Å². The molecule has 8 heteroatoms. The van der Waals surface area contributed by atoms with Gasteiger partial charge in [0.05, 0.1) is 13.5 Å². The molecule has 0 aromatic carbocycles. The van der Waals surface area contributed by atoms with Gasteiger partial charge in [0.1, 0.15) is 6.04 Å². The lowest BCUT2D eigenvalue weighted by molar-refractivity contribution is -0.147. The van der Waals surface area contributed by atoms with E-state index in [4.69, 9.17) is 5.11 Å². The van der Waals surface area contributed by atoms with Gasteiger partial charge in [0, 0.05) is 19.3 Å². The summed E-state index contributed by atoms with van der Waals surface area (Å²) >= 11 is 1.57. The number of esters is 1. The van der Waals surface area contributed by atoms with Gasteiger partial charge < -0.3 is 20.1 Å². The molecule has 0 saturated carbocycles. The lowest BCUT2D eigenvalue weighted by atomic mass is 10.2. The monoisotopic (exact) mass is 278 g/mol. The number of amides is 2. The van der Waals surface area contributed by atoms with Crippen LogP contribution in [0.3, 0.4) is 0 Å². The maximum absolute atomic E-state index is 11.6. The molecule has 18 heavy (non-hydrogen) atoms. The molecular formula is C10H18N2O5S. The van der Waals surface area contributed by atoms with Crippen molar-refractivity contribution >= 4 is 29.7 Å². The number of nitrogens with zero attached hydrogens (tertiary/aromatic N) is 1. The van der Waals surface area contributed by atoms with Crippen LogP contribution in [0.5, 0.6) is 0 Å². The third-order valence-corrected chi connectivity index (χ3v) is 2.76. The van der Waals surface area contributed by atoms with Gasteiger partial charge in [-0.15, -0.1) is 0 Å². The fraction of sp³-hybridized carbons (Fsp3) is 0.700. The summed E-state index contributed by atoms with van der Waals surface area (Å²) in [5.41, 5.74) is 0. The van der Waals surface area contributed by atoms with Crippen molar-refractivity contribution in [2.75, 3.05) is 32.7 Å². The number of ether oxygens (including phenoxy) is 1. The summed E-state index contributed by atoms with van der Waals surface area (Å²) in [6.45, 7) is 0.498. The molecule has 0 aromatic heterocycles. The van der Waals surface area contributed by atoms with Crippen LogP contribution in [-0.4, -0.2) is 66.7 Å². The zero-order chi connectivity index (χ0) is 14.1. The van der Waals surface area contributed by atoms with Crippen molar-refractivity contribution in [3.05, 3.63) is 0 Å². The Labute approximate surface area is 110 Å². The van der Waals surface area contributed by atoms with E-state index in [1.165, 1.54) is 4.90 Å². The van der Waals surface area contributed by atoms with Crippen molar-refractivity contribution in [3.63, 3.8) is 0 Å². The molecule has 0 rings (SSSR count). The van der Waals surface area contributed by atoms with Crippen LogP contribution in [0, 0.1) is 0 Å². The first-order valence-corrected chi connectivity index (χ1v) is 6.62. The summed E-state index contributed by atoms with van der Waals surface area (Å²) in [7, 11) is 2.72. The normalized spacial score (nSPS) is 11.5. The van der Waals surface area contributed by atoms with Crippen molar-refractivity contribution in [2.45, 2.75) is 12.5 Å². The van der Waals surface area contributed by atoms with Crippen LogP contribution in [0.4, 0.5) is 4.79 Å². The van der Waals surface area contributed by atoms with E-state index in [0.29, 0.717) is 6.54 Å². The zero-order valence-electron chi connectivity index (χ0n) is 10.6. The predicted molar refractivity (Wildman–Crippen MR) is 67.6 cm³/mol. The van der Waals surface area contributed by atoms with Gasteiger partial charge in [-0.3, -0.25) is 4.79 Å². The number of carboxylic acid groups (broad SMARTS) is 1. The minimum absolute atomic E-state index is 0.395. The van der Waals surface area contributed by atoms with Gasteiger partial charge in [-0.1, -0.05) is 0 Å². The molecule has 2 N–H and O–H groups in total. The van der Waals surface area contributed by atoms with Crippen molar-refractivity contribution < 1.29 is 24.2 Å². The maximum atomic E-state index is 11.6. The van der Waals surface area contributed by atoms with E-state index in [2.05, 4.69) is 10.1 Å². The van der Waals surface area contributed by atoms with Gasteiger partial charge in [0.25, 0.3) is 0 Å². The molecule has 0 aliphatic rings. The predicted octanol–water partition coefficient (Wildman–Crippen LogP) is 0.00710. The molecule has 0 unspecified atom stereocenters. The fourth-order valence-electron chi connectivity index (χ4n) is 1.04. The van der Waals surface area contributed by atoms with Crippen LogP contribution < -0.4 is 5.32 Å². The minimum atomic E-state index is -1.28. The average molecular weight is 278 g/mol. The molecule has 0 spiro atoms. The van der Waals surface area contributed by atoms with Crippen molar-refractivity contribution in [1.29, 1.82) is 0 Å². The Morgan fingerprint density at radius 2 is 2.06 bits per heavy atom. The second kappa shape index (κ2) is 8.62. The lowest BCUT2D eigenvalue weighted by Gasteiger charge is -2.20. The van der Waals surface area contributed by atoms with Gasteiger partial charge in [-0.2, -0.15) is 11.8 Å².